The predicted molar refractivity (Wildman–Crippen MR) is 76.8 cm³/mol. The van der Waals surface area contributed by atoms with Crippen molar-refractivity contribution in [3.63, 3.8) is 0 Å². The summed E-state index contributed by atoms with van der Waals surface area (Å²) in [5, 5.41) is 1.72. The summed E-state index contributed by atoms with van der Waals surface area (Å²) in [4.78, 5) is 22.6. The van der Waals surface area contributed by atoms with Crippen LogP contribution in [0.4, 0.5) is 0 Å². The normalized spacial score (nSPS) is 10.5. The number of ether oxygens (including phenoxy) is 3. The fourth-order valence-corrected chi connectivity index (χ4v) is 2.14. The minimum atomic E-state index is -1.14. The van der Waals surface area contributed by atoms with Gasteiger partial charge in [-0.1, -0.05) is 30.3 Å². The maximum Gasteiger partial charge on any atom is 0.305 e. The average Bonchev–Trinajstić information content (AvgIpc) is 2.44. The highest BCUT2D eigenvalue weighted by Gasteiger charge is 2.24. The third kappa shape index (κ3) is 3.31. The second-order valence-electron chi connectivity index (χ2n) is 4.45. The largest absolute Gasteiger partial charge is 0.496 e. The maximum atomic E-state index is 11.3. The number of hydrogen-bond acceptors (Lipinski definition) is 5. The van der Waals surface area contributed by atoms with Crippen molar-refractivity contribution < 1.29 is 23.8 Å². The van der Waals surface area contributed by atoms with Crippen molar-refractivity contribution in [2.75, 3.05) is 7.11 Å². The van der Waals surface area contributed by atoms with Gasteiger partial charge in [-0.25, -0.2) is 0 Å². The van der Waals surface area contributed by atoms with Crippen LogP contribution in [-0.4, -0.2) is 19.0 Å². The Bertz CT molecular complexity index is 661. The number of carbonyl (C=O) groups excluding carboxylic acids is 2. The Kier molecular flexibility index (Phi) is 4.42. The van der Waals surface area contributed by atoms with Crippen molar-refractivity contribution >= 4 is 22.7 Å². The summed E-state index contributed by atoms with van der Waals surface area (Å²) in [6, 6.07) is 11.1. The lowest BCUT2D eigenvalue weighted by Gasteiger charge is -2.21. The summed E-state index contributed by atoms with van der Waals surface area (Å²) in [6.07, 6.45) is -1.14. The van der Waals surface area contributed by atoms with E-state index in [1.807, 2.05) is 30.3 Å². The van der Waals surface area contributed by atoms with Crippen molar-refractivity contribution in [3.8, 4) is 5.75 Å². The van der Waals surface area contributed by atoms with Gasteiger partial charge in [0.1, 0.15) is 5.75 Å². The summed E-state index contributed by atoms with van der Waals surface area (Å²) in [5.41, 5.74) is 0.515. The topological polar surface area (TPSA) is 61.8 Å². The first kappa shape index (κ1) is 14.8. The van der Waals surface area contributed by atoms with Gasteiger partial charge in [0.2, 0.25) is 0 Å². The molecule has 0 N–H and O–H groups in total. The number of methoxy groups -OCH3 is 1. The quantitative estimate of drug-likeness (QED) is 0.639. The summed E-state index contributed by atoms with van der Waals surface area (Å²) in [6.45, 7) is 2.52. The smallest absolute Gasteiger partial charge is 0.305 e. The van der Waals surface area contributed by atoms with Crippen LogP contribution in [0.15, 0.2) is 36.4 Å². The molecule has 110 valence electrons. The van der Waals surface area contributed by atoms with E-state index in [9.17, 15) is 9.59 Å². The van der Waals surface area contributed by atoms with Crippen LogP contribution in [0, 0.1) is 0 Å². The van der Waals surface area contributed by atoms with Gasteiger partial charge >= 0.3 is 11.9 Å². The molecule has 2 aromatic carbocycles. The third-order valence-electron chi connectivity index (χ3n) is 2.93. The minimum absolute atomic E-state index is 0.487. The summed E-state index contributed by atoms with van der Waals surface area (Å²) < 4.78 is 15.6. The molecule has 0 aliphatic heterocycles. The van der Waals surface area contributed by atoms with Crippen molar-refractivity contribution in [1.29, 1.82) is 0 Å². The van der Waals surface area contributed by atoms with E-state index in [0.29, 0.717) is 11.3 Å². The van der Waals surface area contributed by atoms with E-state index in [1.54, 1.807) is 6.07 Å². The molecule has 0 fully saturated rings. The first-order valence-electron chi connectivity index (χ1n) is 6.43. The number of esters is 2. The lowest BCUT2D eigenvalue weighted by Crippen LogP contribution is -2.16. The number of hydrogen-bond donors (Lipinski definition) is 0. The molecule has 0 aliphatic rings. The van der Waals surface area contributed by atoms with Gasteiger partial charge in [-0.2, -0.15) is 0 Å². The van der Waals surface area contributed by atoms with E-state index >= 15 is 0 Å². The SMILES string of the molecule is COc1ccc2ccccc2c1C(OC(C)=O)OC(C)=O. The van der Waals surface area contributed by atoms with Crippen LogP contribution in [-0.2, 0) is 19.1 Å². The van der Waals surface area contributed by atoms with E-state index in [4.69, 9.17) is 14.2 Å². The van der Waals surface area contributed by atoms with E-state index in [-0.39, 0.29) is 0 Å². The summed E-state index contributed by atoms with van der Waals surface area (Å²) >= 11 is 0. The van der Waals surface area contributed by atoms with Crippen LogP contribution < -0.4 is 4.74 Å². The number of carbonyl (C=O) groups is 2. The molecule has 0 amide bonds. The van der Waals surface area contributed by atoms with Crippen LogP contribution in [0.5, 0.6) is 5.75 Å². The Morgan fingerprint density at radius 2 is 1.57 bits per heavy atom. The zero-order valence-electron chi connectivity index (χ0n) is 12.1. The predicted octanol–water partition coefficient (Wildman–Crippen LogP) is 2.97. The lowest BCUT2D eigenvalue weighted by atomic mass is 10.0. The van der Waals surface area contributed by atoms with E-state index in [2.05, 4.69) is 0 Å². The van der Waals surface area contributed by atoms with Crippen LogP contribution in [0.1, 0.15) is 25.7 Å². The van der Waals surface area contributed by atoms with Crippen molar-refractivity contribution in [3.05, 3.63) is 42.0 Å². The van der Waals surface area contributed by atoms with Crippen LogP contribution in [0.3, 0.4) is 0 Å². The standard InChI is InChI=1S/C16H16O5/c1-10(17)20-16(21-11(2)18)15-13-7-5-4-6-12(13)8-9-14(15)19-3/h4-9,16H,1-3H3. The molecule has 5 heteroatoms. The fraction of sp³-hybridized carbons (Fsp3) is 0.250. The molecular formula is C16H16O5. The van der Waals surface area contributed by atoms with Gasteiger partial charge in [0.25, 0.3) is 6.29 Å². The number of benzene rings is 2. The van der Waals surface area contributed by atoms with Crippen molar-refractivity contribution in [1.82, 2.24) is 0 Å². The zero-order valence-corrected chi connectivity index (χ0v) is 12.1. The first-order valence-corrected chi connectivity index (χ1v) is 6.43. The molecule has 0 saturated carbocycles. The summed E-state index contributed by atoms with van der Waals surface area (Å²) in [7, 11) is 1.51. The van der Waals surface area contributed by atoms with Crippen molar-refractivity contribution in [2.24, 2.45) is 0 Å². The molecule has 0 atom stereocenters. The molecule has 0 aliphatic carbocycles. The number of fused-ring (bicyclic) bond motifs is 1. The average molecular weight is 288 g/mol. The third-order valence-corrected chi connectivity index (χ3v) is 2.93. The molecule has 0 aromatic heterocycles. The van der Waals surface area contributed by atoms with E-state index in [0.717, 1.165) is 10.8 Å². The molecule has 0 unspecified atom stereocenters. The Morgan fingerprint density at radius 1 is 0.952 bits per heavy atom. The molecule has 0 bridgehead atoms. The molecule has 2 rings (SSSR count). The Labute approximate surface area is 122 Å². The van der Waals surface area contributed by atoms with Gasteiger partial charge < -0.3 is 14.2 Å². The Balaban J connectivity index is 2.63. The van der Waals surface area contributed by atoms with E-state index in [1.165, 1.54) is 21.0 Å². The van der Waals surface area contributed by atoms with Gasteiger partial charge in [0.05, 0.1) is 12.7 Å². The maximum absolute atomic E-state index is 11.3. The second-order valence-corrected chi connectivity index (χ2v) is 4.45. The number of rotatable bonds is 4. The fourth-order valence-electron chi connectivity index (χ4n) is 2.14. The van der Waals surface area contributed by atoms with Gasteiger partial charge in [0, 0.05) is 13.8 Å². The summed E-state index contributed by atoms with van der Waals surface area (Å²) in [5.74, 6) is -0.603. The molecule has 0 heterocycles. The zero-order chi connectivity index (χ0) is 15.4. The van der Waals surface area contributed by atoms with Crippen LogP contribution >= 0.6 is 0 Å². The van der Waals surface area contributed by atoms with Crippen molar-refractivity contribution in [2.45, 2.75) is 20.1 Å². The Hall–Kier alpha value is -2.56. The molecule has 0 saturated heterocycles. The molecule has 0 spiro atoms. The first-order chi connectivity index (χ1) is 10.0. The highest BCUT2D eigenvalue weighted by atomic mass is 16.7. The molecule has 21 heavy (non-hydrogen) atoms. The highest BCUT2D eigenvalue weighted by molar-refractivity contribution is 5.88. The lowest BCUT2D eigenvalue weighted by molar-refractivity contribution is -0.186. The molecule has 2 aromatic rings. The second kappa shape index (κ2) is 6.26. The van der Waals surface area contributed by atoms with Gasteiger partial charge in [0.15, 0.2) is 0 Å². The van der Waals surface area contributed by atoms with Gasteiger partial charge in [-0.15, -0.1) is 0 Å². The highest BCUT2D eigenvalue weighted by Crippen LogP contribution is 2.35. The van der Waals surface area contributed by atoms with Crippen LogP contribution in [0.25, 0.3) is 10.8 Å². The van der Waals surface area contributed by atoms with Crippen LogP contribution in [0.2, 0.25) is 0 Å². The van der Waals surface area contributed by atoms with E-state index < -0.39 is 18.2 Å². The Morgan fingerprint density at radius 3 is 2.14 bits per heavy atom. The monoisotopic (exact) mass is 288 g/mol. The van der Waals surface area contributed by atoms with Gasteiger partial charge in [-0.05, 0) is 16.8 Å². The molecule has 0 radical (unpaired) electrons. The van der Waals surface area contributed by atoms with Gasteiger partial charge in [-0.3, -0.25) is 9.59 Å². The minimum Gasteiger partial charge on any atom is -0.496 e. The molecule has 5 nitrogen and oxygen atoms in total. The molecular weight excluding hydrogens is 272 g/mol.